The van der Waals surface area contributed by atoms with Crippen LogP contribution in [0.3, 0.4) is 0 Å². The lowest BCUT2D eigenvalue weighted by molar-refractivity contribution is -0.128. The number of fused-ring (bicyclic) bond motifs is 1. The molecule has 0 amide bonds. The van der Waals surface area contributed by atoms with E-state index in [1.54, 1.807) is 31.0 Å². The summed E-state index contributed by atoms with van der Waals surface area (Å²) in [6.07, 6.45) is 2.95. The average Bonchev–Trinajstić information content (AvgIpc) is 3.03. The molecular formula is C19H19N3O3S. The van der Waals surface area contributed by atoms with Crippen molar-refractivity contribution in [2.45, 2.75) is 24.8 Å². The van der Waals surface area contributed by atoms with E-state index in [1.807, 2.05) is 26.1 Å². The molecular weight excluding hydrogens is 350 g/mol. The summed E-state index contributed by atoms with van der Waals surface area (Å²) in [4.78, 5) is 23.6. The Morgan fingerprint density at radius 2 is 2.19 bits per heavy atom. The number of thioether (sulfide) groups is 1. The van der Waals surface area contributed by atoms with Crippen molar-refractivity contribution in [3.63, 3.8) is 0 Å². The van der Waals surface area contributed by atoms with E-state index in [2.05, 4.69) is 21.5 Å². The highest BCUT2D eigenvalue weighted by molar-refractivity contribution is 7.98. The standard InChI is InChI=1S/C19H19N3O3S/c1-5-17(23)25-13-6-7-14-15(8-13)22-19(21-14)26-10-16-12(3)18(24-4)11(2)9-20-16/h5-9H,1,10H2,2-4H3,(H,21,22). The first-order valence-corrected chi connectivity index (χ1v) is 8.96. The minimum atomic E-state index is -0.496. The highest BCUT2D eigenvalue weighted by Gasteiger charge is 2.12. The van der Waals surface area contributed by atoms with Crippen LogP contribution in [0, 0.1) is 13.8 Å². The number of pyridine rings is 1. The summed E-state index contributed by atoms with van der Waals surface area (Å²) in [5.74, 6) is 1.48. The van der Waals surface area contributed by atoms with Gasteiger partial charge in [-0.15, -0.1) is 0 Å². The van der Waals surface area contributed by atoms with Crippen LogP contribution in [0.1, 0.15) is 16.8 Å². The molecule has 0 unspecified atom stereocenters. The number of aromatic nitrogens is 3. The van der Waals surface area contributed by atoms with E-state index in [0.717, 1.165) is 44.8 Å². The highest BCUT2D eigenvalue weighted by atomic mass is 32.2. The zero-order valence-electron chi connectivity index (χ0n) is 14.8. The molecule has 3 rings (SSSR count). The molecule has 6 nitrogen and oxygen atoms in total. The fourth-order valence-electron chi connectivity index (χ4n) is 2.61. The lowest BCUT2D eigenvalue weighted by Gasteiger charge is -2.11. The molecule has 0 saturated heterocycles. The summed E-state index contributed by atoms with van der Waals surface area (Å²) >= 11 is 1.55. The molecule has 134 valence electrons. The van der Waals surface area contributed by atoms with Crippen molar-refractivity contribution >= 4 is 28.8 Å². The van der Waals surface area contributed by atoms with Crippen molar-refractivity contribution in [2.24, 2.45) is 0 Å². The Balaban J connectivity index is 1.77. The molecule has 26 heavy (non-hydrogen) atoms. The highest BCUT2D eigenvalue weighted by Crippen LogP contribution is 2.29. The van der Waals surface area contributed by atoms with Crippen molar-refractivity contribution in [3.8, 4) is 11.5 Å². The number of esters is 1. The number of imidazole rings is 1. The van der Waals surface area contributed by atoms with Crippen LogP contribution in [0.5, 0.6) is 11.5 Å². The first kappa shape index (κ1) is 18.0. The van der Waals surface area contributed by atoms with Gasteiger partial charge < -0.3 is 14.5 Å². The number of H-pyrrole nitrogens is 1. The van der Waals surface area contributed by atoms with Crippen LogP contribution < -0.4 is 9.47 Å². The largest absolute Gasteiger partial charge is 0.496 e. The van der Waals surface area contributed by atoms with Crippen molar-refractivity contribution in [3.05, 3.63) is 53.9 Å². The summed E-state index contributed by atoms with van der Waals surface area (Å²) < 4.78 is 10.6. The predicted octanol–water partition coefficient (Wildman–Crippen LogP) is 3.97. The zero-order valence-corrected chi connectivity index (χ0v) is 15.6. The molecule has 0 spiro atoms. The molecule has 2 aromatic heterocycles. The molecule has 0 aliphatic carbocycles. The third-order valence-electron chi connectivity index (χ3n) is 3.91. The first-order valence-electron chi connectivity index (χ1n) is 7.97. The van der Waals surface area contributed by atoms with Crippen molar-refractivity contribution in [2.75, 3.05) is 7.11 Å². The van der Waals surface area contributed by atoms with Crippen molar-refractivity contribution in [1.82, 2.24) is 15.0 Å². The number of rotatable bonds is 6. The number of nitrogens with one attached hydrogen (secondary N) is 1. The van der Waals surface area contributed by atoms with E-state index in [4.69, 9.17) is 9.47 Å². The van der Waals surface area contributed by atoms with E-state index in [-0.39, 0.29) is 0 Å². The predicted molar refractivity (Wildman–Crippen MR) is 102 cm³/mol. The Kier molecular flexibility index (Phi) is 5.27. The maximum Gasteiger partial charge on any atom is 0.335 e. The smallest absolute Gasteiger partial charge is 0.335 e. The molecule has 0 bridgehead atoms. The summed E-state index contributed by atoms with van der Waals surface area (Å²) in [5.41, 5.74) is 4.61. The fourth-order valence-corrected chi connectivity index (χ4v) is 3.51. The Hall–Kier alpha value is -2.80. The lowest BCUT2D eigenvalue weighted by atomic mass is 10.1. The Morgan fingerprint density at radius 3 is 2.92 bits per heavy atom. The fraction of sp³-hybridized carbons (Fsp3) is 0.211. The number of methoxy groups -OCH3 is 1. The Bertz CT molecular complexity index is 982. The molecule has 0 saturated carbocycles. The van der Waals surface area contributed by atoms with Gasteiger partial charge in [-0.05, 0) is 26.0 Å². The molecule has 0 fully saturated rings. The number of aromatic amines is 1. The van der Waals surface area contributed by atoms with Crippen LogP contribution in [0.4, 0.5) is 0 Å². The molecule has 7 heteroatoms. The molecule has 0 aliphatic heterocycles. The molecule has 0 radical (unpaired) electrons. The van der Waals surface area contributed by atoms with Crippen LogP contribution >= 0.6 is 11.8 Å². The van der Waals surface area contributed by atoms with Gasteiger partial charge in [-0.1, -0.05) is 18.3 Å². The second-order valence-electron chi connectivity index (χ2n) is 5.68. The second kappa shape index (κ2) is 7.61. The minimum Gasteiger partial charge on any atom is -0.496 e. The van der Waals surface area contributed by atoms with Crippen molar-refractivity contribution in [1.29, 1.82) is 0 Å². The third-order valence-corrected chi connectivity index (χ3v) is 4.80. The first-order chi connectivity index (χ1) is 12.5. The van der Waals surface area contributed by atoms with Gasteiger partial charge in [0.05, 0.1) is 23.8 Å². The van der Waals surface area contributed by atoms with E-state index < -0.39 is 5.97 Å². The number of hydrogen-bond acceptors (Lipinski definition) is 6. The average molecular weight is 369 g/mol. The third kappa shape index (κ3) is 3.72. The monoisotopic (exact) mass is 369 g/mol. The molecule has 0 aliphatic rings. The number of ether oxygens (including phenoxy) is 2. The lowest BCUT2D eigenvalue weighted by Crippen LogP contribution is -2.02. The summed E-state index contributed by atoms with van der Waals surface area (Å²) in [7, 11) is 1.67. The second-order valence-corrected chi connectivity index (χ2v) is 6.65. The van der Waals surface area contributed by atoms with Gasteiger partial charge >= 0.3 is 5.97 Å². The zero-order chi connectivity index (χ0) is 18.7. The maximum absolute atomic E-state index is 11.3. The Labute approximate surface area is 155 Å². The van der Waals surface area contributed by atoms with Gasteiger partial charge in [0, 0.05) is 35.2 Å². The van der Waals surface area contributed by atoms with Crippen molar-refractivity contribution < 1.29 is 14.3 Å². The summed E-state index contributed by atoms with van der Waals surface area (Å²) in [6.45, 7) is 7.37. The molecule has 2 heterocycles. The summed E-state index contributed by atoms with van der Waals surface area (Å²) in [6, 6.07) is 5.26. The van der Waals surface area contributed by atoms with Gasteiger partial charge in [-0.2, -0.15) is 0 Å². The van der Waals surface area contributed by atoms with Gasteiger partial charge in [0.25, 0.3) is 0 Å². The number of aryl methyl sites for hydroxylation is 1. The van der Waals surface area contributed by atoms with E-state index in [1.165, 1.54) is 0 Å². The summed E-state index contributed by atoms with van der Waals surface area (Å²) in [5, 5.41) is 0.771. The van der Waals surface area contributed by atoms with E-state index >= 15 is 0 Å². The van der Waals surface area contributed by atoms with Crippen LogP contribution in [0.2, 0.25) is 0 Å². The van der Waals surface area contributed by atoms with Gasteiger partial charge in [-0.3, -0.25) is 4.98 Å². The van der Waals surface area contributed by atoms with Crippen LogP contribution in [-0.2, 0) is 10.5 Å². The Morgan fingerprint density at radius 1 is 1.38 bits per heavy atom. The topological polar surface area (TPSA) is 77.1 Å². The van der Waals surface area contributed by atoms with Gasteiger partial charge in [0.1, 0.15) is 11.5 Å². The normalized spacial score (nSPS) is 10.7. The molecule has 0 atom stereocenters. The number of benzene rings is 1. The van der Waals surface area contributed by atoms with Crippen LogP contribution in [0.15, 0.2) is 42.2 Å². The van der Waals surface area contributed by atoms with Gasteiger partial charge in [0.2, 0.25) is 0 Å². The van der Waals surface area contributed by atoms with Crippen LogP contribution in [-0.4, -0.2) is 28.0 Å². The number of hydrogen-bond donors (Lipinski definition) is 1. The number of nitrogens with zero attached hydrogens (tertiary/aromatic N) is 2. The number of carbonyl (C=O) groups is 1. The maximum atomic E-state index is 11.3. The minimum absolute atomic E-state index is 0.436. The molecule has 1 N–H and O–H groups in total. The SMILES string of the molecule is C=CC(=O)Oc1ccc2[nH]c(SCc3ncc(C)c(OC)c3C)nc2c1. The number of carbonyl (C=O) groups excluding carboxylic acids is 1. The van der Waals surface area contributed by atoms with Crippen LogP contribution in [0.25, 0.3) is 11.0 Å². The van der Waals surface area contributed by atoms with Gasteiger partial charge in [-0.25, -0.2) is 9.78 Å². The molecule has 1 aromatic carbocycles. The van der Waals surface area contributed by atoms with E-state index in [0.29, 0.717) is 11.5 Å². The quantitative estimate of drug-likeness (QED) is 0.307. The molecule has 3 aromatic rings. The van der Waals surface area contributed by atoms with Gasteiger partial charge in [0.15, 0.2) is 5.16 Å². The van der Waals surface area contributed by atoms with E-state index in [9.17, 15) is 4.79 Å².